The number of aliphatic carboxylic acids is 1. The number of carboxylic acid groups (broad SMARTS) is 1. The molecule has 0 aliphatic heterocycles. The standard InChI is InChI=1S/C11H9N5O3/c17-8(18)5-12-9-10-14-15-11(19)16(10)7-4-2-1-3-6(7)13-9/h1-4H,5H2,(H,12,13)(H,15,19)(H,17,18). The summed E-state index contributed by atoms with van der Waals surface area (Å²) < 4.78 is 1.35. The van der Waals surface area contributed by atoms with E-state index in [1.54, 1.807) is 24.3 Å². The number of anilines is 1. The molecule has 2 heterocycles. The molecule has 0 saturated heterocycles. The van der Waals surface area contributed by atoms with E-state index >= 15 is 0 Å². The largest absolute Gasteiger partial charge is 0.480 e. The first kappa shape index (κ1) is 11.2. The Balaban J connectivity index is 2.31. The Morgan fingerprint density at radius 3 is 3.00 bits per heavy atom. The molecule has 0 bridgehead atoms. The molecule has 3 aromatic rings. The van der Waals surface area contributed by atoms with Gasteiger partial charge in [0.1, 0.15) is 6.54 Å². The predicted octanol–water partition coefficient (Wildman–Crippen LogP) is 0.0673. The Hall–Kier alpha value is -2.90. The number of aromatic amines is 1. The second-order valence-corrected chi connectivity index (χ2v) is 3.88. The number of rotatable bonds is 3. The second-order valence-electron chi connectivity index (χ2n) is 3.88. The molecule has 96 valence electrons. The predicted molar refractivity (Wildman–Crippen MR) is 67.2 cm³/mol. The fraction of sp³-hybridized carbons (Fsp3) is 0.0909. The Kier molecular flexibility index (Phi) is 2.41. The molecular formula is C11H9N5O3. The van der Waals surface area contributed by atoms with Crippen LogP contribution in [0.5, 0.6) is 0 Å². The topological polar surface area (TPSA) is 112 Å². The van der Waals surface area contributed by atoms with Crippen molar-refractivity contribution in [1.29, 1.82) is 0 Å². The molecule has 0 spiro atoms. The van der Waals surface area contributed by atoms with E-state index in [9.17, 15) is 9.59 Å². The summed E-state index contributed by atoms with van der Waals surface area (Å²) in [6.45, 7) is -0.304. The van der Waals surface area contributed by atoms with Gasteiger partial charge < -0.3 is 10.4 Å². The summed E-state index contributed by atoms with van der Waals surface area (Å²) in [5.41, 5.74) is 1.06. The number of benzene rings is 1. The lowest BCUT2D eigenvalue weighted by Crippen LogP contribution is -2.16. The highest BCUT2D eigenvalue weighted by molar-refractivity contribution is 5.83. The smallest absolute Gasteiger partial charge is 0.348 e. The lowest BCUT2D eigenvalue weighted by atomic mass is 10.3. The van der Waals surface area contributed by atoms with Crippen LogP contribution in [0.1, 0.15) is 0 Å². The summed E-state index contributed by atoms with van der Waals surface area (Å²) in [7, 11) is 0. The number of nitrogens with one attached hydrogen (secondary N) is 2. The molecule has 0 aliphatic carbocycles. The first-order valence-electron chi connectivity index (χ1n) is 5.48. The van der Waals surface area contributed by atoms with E-state index in [-0.39, 0.29) is 18.0 Å². The second kappa shape index (κ2) is 4.09. The van der Waals surface area contributed by atoms with Gasteiger partial charge in [-0.3, -0.25) is 4.79 Å². The molecular weight excluding hydrogens is 250 g/mol. The van der Waals surface area contributed by atoms with Crippen molar-refractivity contribution >= 4 is 28.5 Å². The van der Waals surface area contributed by atoms with Crippen molar-refractivity contribution < 1.29 is 9.90 Å². The highest BCUT2D eigenvalue weighted by atomic mass is 16.4. The van der Waals surface area contributed by atoms with E-state index < -0.39 is 11.7 Å². The van der Waals surface area contributed by atoms with Crippen molar-refractivity contribution in [3.63, 3.8) is 0 Å². The number of H-pyrrole nitrogens is 1. The van der Waals surface area contributed by atoms with Crippen molar-refractivity contribution in [2.45, 2.75) is 0 Å². The van der Waals surface area contributed by atoms with Crippen LogP contribution in [-0.2, 0) is 4.79 Å². The summed E-state index contributed by atoms with van der Waals surface area (Å²) in [6.07, 6.45) is 0. The number of carbonyl (C=O) groups is 1. The van der Waals surface area contributed by atoms with Crippen LogP contribution in [0.3, 0.4) is 0 Å². The Morgan fingerprint density at radius 2 is 2.21 bits per heavy atom. The van der Waals surface area contributed by atoms with Gasteiger partial charge in [-0.25, -0.2) is 19.3 Å². The molecule has 0 fully saturated rings. The summed E-state index contributed by atoms with van der Waals surface area (Å²) in [6, 6.07) is 7.05. The van der Waals surface area contributed by atoms with Crippen LogP contribution >= 0.6 is 0 Å². The normalized spacial score (nSPS) is 10.9. The number of fused-ring (bicyclic) bond motifs is 3. The van der Waals surface area contributed by atoms with Crippen molar-refractivity contribution in [2.75, 3.05) is 11.9 Å². The van der Waals surface area contributed by atoms with E-state index in [0.717, 1.165) is 0 Å². The molecule has 3 N–H and O–H groups in total. The SMILES string of the molecule is O=C(O)CNc1nc2ccccc2n2c(=O)[nH]nc12. The molecule has 19 heavy (non-hydrogen) atoms. The maximum atomic E-state index is 11.8. The molecule has 0 aliphatic rings. The van der Waals surface area contributed by atoms with Crippen LogP contribution in [-0.4, -0.2) is 37.2 Å². The van der Waals surface area contributed by atoms with Gasteiger partial charge in [-0.05, 0) is 12.1 Å². The van der Waals surface area contributed by atoms with Crippen LogP contribution in [0.2, 0.25) is 0 Å². The first-order valence-corrected chi connectivity index (χ1v) is 5.48. The third-order valence-electron chi connectivity index (χ3n) is 2.65. The van der Waals surface area contributed by atoms with Gasteiger partial charge in [-0.15, -0.1) is 5.10 Å². The number of carboxylic acids is 1. The Bertz CT molecular complexity index is 835. The highest BCUT2D eigenvalue weighted by Crippen LogP contribution is 2.17. The lowest BCUT2D eigenvalue weighted by molar-refractivity contribution is -0.134. The van der Waals surface area contributed by atoms with Crippen LogP contribution in [0.15, 0.2) is 29.1 Å². The summed E-state index contributed by atoms with van der Waals surface area (Å²) in [5.74, 6) is -0.773. The molecule has 8 nitrogen and oxygen atoms in total. The zero-order valence-electron chi connectivity index (χ0n) is 9.62. The minimum atomic E-state index is -1.02. The van der Waals surface area contributed by atoms with Crippen LogP contribution in [0, 0.1) is 0 Å². The minimum Gasteiger partial charge on any atom is -0.480 e. The molecule has 0 saturated carbocycles. The fourth-order valence-electron chi connectivity index (χ4n) is 1.88. The molecule has 0 amide bonds. The van der Waals surface area contributed by atoms with Gasteiger partial charge >= 0.3 is 11.7 Å². The monoisotopic (exact) mass is 259 g/mol. The third kappa shape index (κ3) is 1.79. The van der Waals surface area contributed by atoms with Gasteiger partial charge in [0.15, 0.2) is 5.82 Å². The molecule has 8 heteroatoms. The van der Waals surface area contributed by atoms with Crippen LogP contribution in [0.4, 0.5) is 5.82 Å². The van der Waals surface area contributed by atoms with Gasteiger partial charge in [0.05, 0.1) is 11.0 Å². The number of hydrogen-bond acceptors (Lipinski definition) is 5. The van der Waals surface area contributed by atoms with Crippen molar-refractivity contribution in [3.8, 4) is 0 Å². The Labute approximate surface area is 105 Å². The van der Waals surface area contributed by atoms with E-state index in [2.05, 4.69) is 20.5 Å². The fourth-order valence-corrected chi connectivity index (χ4v) is 1.88. The lowest BCUT2D eigenvalue weighted by Gasteiger charge is -2.06. The summed E-state index contributed by atoms with van der Waals surface area (Å²) in [4.78, 5) is 26.6. The molecule has 0 radical (unpaired) electrons. The molecule has 0 atom stereocenters. The van der Waals surface area contributed by atoms with Gasteiger partial charge in [0.2, 0.25) is 5.65 Å². The maximum Gasteiger partial charge on any atom is 0.348 e. The quantitative estimate of drug-likeness (QED) is 0.613. The minimum absolute atomic E-state index is 0.249. The number of hydrogen-bond donors (Lipinski definition) is 3. The first-order chi connectivity index (χ1) is 9.16. The van der Waals surface area contributed by atoms with Crippen molar-refractivity contribution in [2.24, 2.45) is 0 Å². The molecule has 1 aromatic carbocycles. The van der Waals surface area contributed by atoms with E-state index in [1.807, 2.05) is 0 Å². The summed E-state index contributed by atoms with van der Waals surface area (Å²) in [5, 5.41) is 17.5. The summed E-state index contributed by atoms with van der Waals surface area (Å²) >= 11 is 0. The highest BCUT2D eigenvalue weighted by Gasteiger charge is 2.12. The van der Waals surface area contributed by atoms with Crippen LogP contribution < -0.4 is 11.0 Å². The Morgan fingerprint density at radius 1 is 1.42 bits per heavy atom. The van der Waals surface area contributed by atoms with Crippen LogP contribution in [0.25, 0.3) is 16.7 Å². The van der Waals surface area contributed by atoms with Crippen molar-refractivity contribution in [3.05, 3.63) is 34.7 Å². The third-order valence-corrected chi connectivity index (χ3v) is 2.65. The number of para-hydroxylation sites is 2. The number of aromatic nitrogens is 4. The average Bonchev–Trinajstić information content (AvgIpc) is 2.79. The zero-order chi connectivity index (χ0) is 13.4. The molecule has 3 rings (SSSR count). The maximum absolute atomic E-state index is 11.8. The van der Waals surface area contributed by atoms with E-state index in [4.69, 9.17) is 5.11 Å². The zero-order valence-corrected chi connectivity index (χ0v) is 9.62. The average molecular weight is 259 g/mol. The van der Waals surface area contributed by atoms with Gasteiger partial charge in [0.25, 0.3) is 0 Å². The van der Waals surface area contributed by atoms with Gasteiger partial charge in [-0.2, -0.15) is 0 Å². The van der Waals surface area contributed by atoms with Gasteiger partial charge in [-0.1, -0.05) is 12.1 Å². The number of nitrogens with zero attached hydrogens (tertiary/aromatic N) is 3. The molecule has 0 unspecified atom stereocenters. The van der Waals surface area contributed by atoms with E-state index in [1.165, 1.54) is 4.40 Å². The van der Waals surface area contributed by atoms with Gasteiger partial charge in [0, 0.05) is 0 Å². The van der Waals surface area contributed by atoms with E-state index in [0.29, 0.717) is 11.0 Å². The molecule has 2 aromatic heterocycles. The van der Waals surface area contributed by atoms with Crippen molar-refractivity contribution in [1.82, 2.24) is 19.6 Å².